The molecule has 1 fully saturated rings. The van der Waals surface area contributed by atoms with E-state index in [1.807, 2.05) is 18.2 Å². The molecule has 0 spiro atoms. The molecule has 1 saturated carbocycles. The van der Waals surface area contributed by atoms with Crippen molar-refractivity contribution in [1.29, 1.82) is 0 Å². The molecule has 0 amide bonds. The Balaban J connectivity index is 2.38. The lowest BCUT2D eigenvalue weighted by molar-refractivity contribution is -0.147. The van der Waals surface area contributed by atoms with Gasteiger partial charge < -0.3 is 5.11 Å². The second kappa shape index (κ2) is 2.87. The second-order valence-electron chi connectivity index (χ2n) is 3.52. The number of benzene rings is 1. The van der Waals surface area contributed by atoms with E-state index in [1.165, 1.54) is 0 Å². The molecule has 0 aromatic heterocycles. The van der Waals surface area contributed by atoms with E-state index in [0.717, 1.165) is 24.8 Å². The van der Waals surface area contributed by atoms with Crippen LogP contribution < -0.4 is 0 Å². The van der Waals surface area contributed by atoms with Crippen LogP contribution >= 0.6 is 0 Å². The molecule has 0 saturated heterocycles. The van der Waals surface area contributed by atoms with Gasteiger partial charge in [-0.3, -0.25) is 4.79 Å². The minimum absolute atomic E-state index is 0.624. The molecular weight excluding hydrogens is 164 g/mol. The Bertz CT molecular complexity index is 312. The first-order valence-electron chi connectivity index (χ1n) is 4.46. The zero-order valence-corrected chi connectivity index (χ0v) is 7.29. The van der Waals surface area contributed by atoms with Crippen molar-refractivity contribution >= 4 is 5.97 Å². The molecule has 0 heterocycles. The van der Waals surface area contributed by atoms with E-state index < -0.39 is 11.4 Å². The number of aliphatic carboxylic acids is 1. The Hall–Kier alpha value is -1.31. The standard InChI is InChI=1S/C11H11O2/c12-10(13)11(7-4-8-11)9-5-2-1-3-6-9/h1-3,5H,4,7-8H2,(H,12,13). The van der Waals surface area contributed by atoms with Crippen LogP contribution in [0.4, 0.5) is 0 Å². The maximum atomic E-state index is 11.1. The predicted octanol–water partition coefficient (Wildman–Crippen LogP) is 1.99. The third-order valence-corrected chi connectivity index (χ3v) is 2.84. The molecule has 1 aromatic carbocycles. The molecule has 13 heavy (non-hydrogen) atoms. The van der Waals surface area contributed by atoms with Gasteiger partial charge >= 0.3 is 5.97 Å². The van der Waals surface area contributed by atoms with Crippen molar-refractivity contribution in [2.45, 2.75) is 24.7 Å². The van der Waals surface area contributed by atoms with Gasteiger partial charge in [-0.15, -0.1) is 0 Å². The Labute approximate surface area is 77.2 Å². The normalized spacial score (nSPS) is 19.1. The summed E-state index contributed by atoms with van der Waals surface area (Å²) < 4.78 is 0. The smallest absolute Gasteiger partial charge is 0.314 e. The number of hydrogen-bond acceptors (Lipinski definition) is 1. The molecule has 67 valence electrons. The van der Waals surface area contributed by atoms with Crippen molar-refractivity contribution in [3.8, 4) is 0 Å². The van der Waals surface area contributed by atoms with Crippen LogP contribution in [0.5, 0.6) is 0 Å². The molecule has 1 N–H and O–H groups in total. The highest BCUT2D eigenvalue weighted by molar-refractivity contribution is 5.82. The van der Waals surface area contributed by atoms with E-state index in [0.29, 0.717) is 0 Å². The molecule has 1 aliphatic carbocycles. The Morgan fingerprint density at radius 3 is 2.62 bits per heavy atom. The largest absolute Gasteiger partial charge is 0.481 e. The number of carbonyl (C=O) groups is 1. The van der Waals surface area contributed by atoms with Crippen LogP contribution in [0.25, 0.3) is 0 Å². The summed E-state index contributed by atoms with van der Waals surface area (Å²) in [4.78, 5) is 11.1. The molecular formula is C11H11O2. The molecule has 0 aliphatic heterocycles. The van der Waals surface area contributed by atoms with Crippen molar-refractivity contribution < 1.29 is 9.90 Å². The monoisotopic (exact) mass is 175 g/mol. The lowest BCUT2D eigenvalue weighted by Crippen LogP contribution is -2.42. The first-order chi connectivity index (χ1) is 6.26. The van der Waals surface area contributed by atoms with Gasteiger partial charge in [0.15, 0.2) is 0 Å². The SMILES string of the molecule is O=C(O)C1(c2[c]cccc2)CCC1. The van der Waals surface area contributed by atoms with Gasteiger partial charge in [0, 0.05) is 0 Å². The summed E-state index contributed by atoms with van der Waals surface area (Å²) in [7, 11) is 0. The van der Waals surface area contributed by atoms with Crippen molar-refractivity contribution in [3.63, 3.8) is 0 Å². The first-order valence-corrected chi connectivity index (χ1v) is 4.46. The third kappa shape index (κ3) is 1.13. The predicted molar refractivity (Wildman–Crippen MR) is 48.4 cm³/mol. The first kappa shape index (κ1) is 8.30. The Morgan fingerprint density at radius 2 is 2.23 bits per heavy atom. The maximum absolute atomic E-state index is 11.1. The van der Waals surface area contributed by atoms with Crippen molar-refractivity contribution in [3.05, 3.63) is 35.9 Å². The topological polar surface area (TPSA) is 37.3 Å². The lowest BCUT2D eigenvalue weighted by Gasteiger charge is -2.37. The fourth-order valence-corrected chi connectivity index (χ4v) is 1.82. The molecule has 0 unspecified atom stereocenters. The van der Waals surface area contributed by atoms with Crippen molar-refractivity contribution in [2.24, 2.45) is 0 Å². The lowest BCUT2D eigenvalue weighted by atomic mass is 9.64. The zero-order valence-electron chi connectivity index (χ0n) is 7.29. The summed E-state index contributed by atoms with van der Waals surface area (Å²) in [6, 6.07) is 10.4. The molecule has 1 aromatic rings. The van der Waals surface area contributed by atoms with Gasteiger partial charge in [-0.2, -0.15) is 0 Å². The minimum atomic E-state index is -0.707. The van der Waals surface area contributed by atoms with E-state index in [-0.39, 0.29) is 0 Å². The summed E-state index contributed by atoms with van der Waals surface area (Å²) in [5.41, 5.74) is 0.204. The van der Waals surface area contributed by atoms with Crippen LogP contribution in [0.3, 0.4) is 0 Å². The van der Waals surface area contributed by atoms with E-state index in [9.17, 15) is 4.79 Å². The summed E-state index contributed by atoms with van der Waals surface area (Å²) in [5.74, 6) is -0.707. The Kier molecular flexibility index (Phi) is 1.83. The summed E-state index contributed by atoms with van der Waals surface area (Å²) in [6.07, 6.45) is 2.51. The maximum Gasteiger partial charge on any atom is 0.314 e. The minimum Gasteiger partial charge on any atom is -0.481 e. The van der Waals surface area contributed by atoms with Gasteiger partial charge in [0.2, 0.25) is 0 Å². The van der Waals surface area contributed by atoms with Crippen LogP contribution in [-0.4, -0.2) is 11.1 Å². The summed E-state index contributed by atoms with van der Waals surface area (Å²) in [6.45, 7) is 0. The van der Waals surface area contributed by atoms with Gasteiger partial charge in [0.05, 0.1) is 5.41 Å². The molecule has 2 nitrogen and oxygen atoms in total. The number of rotatable bonds is 2. The highest BCUT2D eigenvalue weighted by atomic mass is 16.4. The average Bonchev–Trinajstić information content (AvgIpc) is 2.03. The van der Waals surface area contributed by atoms with E-state index in [1.54, 1.807) is 6.07 Å². The van der Waals surface area contributed by atoms with Gasteiger partial charge in [0.1, 0.15) is 0 Å². The zero-order chi connectivity index (χ0) is 9.31. The highest BCUT2D eigenvalue weighted by Crippen LogP contribution is 2.43. The molecule has 2 rings (SSSR count). The van der Waals surface area contributed by atoms with Crippen LogP contribution in [0.15, 0.2) is 24.3 Å². The molecule has 1 aliphatic rings. The average molecular weight is 175 g/mol. The molecule has 1 radical (unpaired) electrons. The Morgan fingerprint density at radius 1 is 1.46 bits per heavy atom. The van der Waals surface area contributed by atoms with Gasteiger partial charge in [-0.05, 0) is 24.5 Å². The fourth-order valence-electron chi connectivity index (χ4n) is 1.82. The quantitative estimate of drug-likeness (QED) is 0.746. The van der Waals surface area contributed by atoms with E-state index in [2.05, 4.69) is 6.07 Å². The molecule has 0 atom stereocenters. The van der Waals surface area contributed by atoms with Crippen LogP contribution in [0.1, 0.15) is 24.8 Å². The van der Waals surface area contributed by atoms with Crippen molar-refractivity contribution in [2.75, 3.05) is 0 Å². The van der Waals surface area contributed by atoms with Crippen LogP contribution in [0, 0.1) is 6.07 Å². The van der Waals surface area contributed by atoms with Crippen LogP contribution in [-0.2, 0) is 10.2 Å². The van der Waals surface area contributed by atoms with Crippen molar-refractivity contribution in [1.82, 2.24) is 0 Å². The number of carboxylic acids is 1. The summed E-state index contributed by atoms with van der Waals surface area (Å²) in [5, 5.41) is 9.12. The van der Waals surface area contributed by atoms with Gasteiger partial charge in [-0.25, -0.2) is 0 Å². The second-order valence-corrected chi connectivity index (χ2v) is 3.52. The summed E-state index contributed by atoms with van der Waals surface area (Å²) >= 11 is 0. The van der Waals surface area contributed by atoms with Gasteiger partial charge in [-0.1, -0.05) is 30.7 Å². The fraction of sp³-hybridized carbons (Fsp3) is 0.364. The third-order valence-electron chi connectivity index (χ3n) is 2.84. The van der Waals surface area contributed by atoms with E-state index >= 15 is 0 Å². The van der Waals surface area contributed by atoms with Gasteiger partial charge in [0.25, 0.3) is 0 Å². The highest BCUT2D eigenvalue weighted by Gasteiger charge is 2.45. The molecule has 2 heteroatoms. The number of carboxylic acid groups (broad SMARTS) is 1. The van der Waals surface area contributed by atoms with Crippen LogP contribution in [0.2, 0.25) is 0 Å². The molecule has 0 bridgehead atoms. The number of hydrogen-bond donors (Lipinski definition) is 1. The van der Waals surface area contributed by atoms with E-state index in [4.69, 9.17) is 5.11 Å².